The SMILES string of the molecule is c1ccc(C2=C(n3ccnc3)CCC2)cc1. The zero-order valence-corrected chi connectivity index (χ0v) is 9.13. The van der Waals surface area contributed by atoms with Crippen molar-refractivity contribution in [3.05, 3.63) is 54.6 Å². The highest BCUT2D eigenvalue weighted by atomic mass is 15.0. The monoisotopic (exact) mass is 210 g/mol. The van der Waals surface area contributed by atoms with Crippen LogP contribution in [-0.4, -0.2) is 9.55 Å². The van der Waals surface area contributed by atoms with Crippen LogP contribution < -0.4 is 0 Å². The van der Waals surface area contributed by atoms with E-state index in [-0.39, 0.29) is 0 Å². The topological polar surface area (TPSA) is 17.8 Å². The zero-order chi connectivity index (χ0) is 10.8. The fraction of sp³-hybridized carbons (Fsp3) is 0.214. The Morgan fingerprint density at radius 2 is 1.94 bits per heavy atom. The van der Waals surface area contributed by atoms with Gasteiger partial charge in [-0.3, -0.25) is 0 Å². The van der Waals surface area contributed by atoms with Crippen LogP contribution in [0.25, 0.3) is 11.3 Å². The lowest BCUT2D eigenvalue weighted by Crippen LogP contribution is -1.93. The molecule has 1 heterocycles. The van der Waals surface area contributed by atoms with Gasteiger partial charge in [0.1, 0.15) is 0 Å². The van der Waals surface area contributed by atoms with Crippen molar-refractivity contribution in [1.29, 1.82) is 0 Å². The molecule has 3 rings (SSSR count). The second kappa shape index (κ2) is 3.97. The van der Waals surface area contributed by atoms with Crippen LogP contribution >= 0.6 is 0 Å². The molecule has 0 saturated carbocycles. The standard InChI is InChI=1S/C14H14N2/c1-2-5-12(6-3-1)13-7-4-8-14(13)16-10-9-15-11-16/h1-3,5-6,9-11H,4,7-8H2. The number of benzene rings is 1. The minimum Gasteiger partial charge on any atom is -0.310 e. The Morgan fingerprint density at radius 3 is 2.69 bits per heavy atom. The highest BCUT2D eigenvalue weighted by Gasteiger charge is 2.16. The molecule has 0 bridgehead atoms. The quantitative estimate of drug-likeness (QED) is 0.742. The molecule has 0 spiro atoms. The van der Waals surface area contributed by atoms with E-state index in [0.29, 0.717) is 0 Å². The first-order chi connectivity index (χ1) is 7.95. The molecule has 16 heavy (non-hydrogen) atoms. The van der Waals surface area contributed by atoms with Crippen molar-refractivity contribution in [3.63, 3.8) is 0 Å². The normalized spacial score (nSPS) is 15.8. The third kappa shape index (κ3) is 1.56. The van der Waals surface area contributed by atoms with Gasteiger partial charge in [-0.15, -0.1) is 0 Å². The first-order valence-electron chi connectivity index (χ1n) is 5.71. The zero-order valence-electron chi connectivity index (χ0n) is 9.13. The van der Waals surface area contributed by atoms with Gasteiger partial charge in [0.15, 0.2) is 0 Å². The van der Waals surface area contributed by atoms with E-state index in [0.717, 1.165) is 6.42 Å². The van der Waals surface area contributed by atoms with Crippen LogP contribution in [0.2, 0.25) is 0 Å². The van der Waals surface area contributed by atoms with Gasteiger partial charge in [0.2, 0.25) is 0 Å². The van der Waals surface area contributed by atoms with Gasteiger partial charge >= 0.3 is 0 Å². The van der Waals surface area contributed by atoms with Crippen LogP contribution in [0.15, 0.2) is 49.1 Å². The molecule has 0 fully saturated rings. The first kappa shape index (κ1) is 9.40. The largest absolute Gasteiger partial charge is 0.310 e. The number of imidazole rings is 1. The van der Waals surface area contributed by atoms with Crippen molar-refractivity contribution in [1.82, 2.24) is 9.55 Å². The van der Waals surface area contributed by atoms with E-state index in [1.165, 1.54) is 29.7 Å². The van der Waals surface area contributed by atoms with Gasteiger partial charge in [-0.25, -0.2) is 4.98 Å². The average molecular weight is 210 g/mol. The highest BCUT2D eigenvalue weighted by molar-refractivity contribution is 5.85. The van der Waals surface area contributed by atoms with Crippen LogP contribution in [0.3, 0.4) is 0 Å². The molecule has 0 N–H and O–H groups in total. The molecule has 80 valence electrons. The summed E-state index contributed by atoms with van der Waals surface area (Å²) in [6, 6.07) is 10.7. The third-order valence-corrected chi connectivity index (χ3v) is 3.13. The van der Waals surface area contributed by atoms with Crippen LogP contribution in [0.1, 0.15) is 24.8 Å². The van der Waals surface area contributed by atoms with Gasteiger partial charge in [0, 0.05) is 18.1 Å². The number of rotatable bonds is 2. The lowest BCUT2D eigenvalue weighted by Gasteiger charge is -2.08. The van der Waals surface area contributed by atoms with Gasteiger partial charge in [0.05, 0.1) is 6.33 Å². The summed E-state index contributed by atoms with van der Waals surface area (Å²) in [6.45, 7) is 0. The van der Waals surface area contributed by atoms with E-state index in [2.05, 4.69) is 39.9 Å². The van der Waals surface area contributed by atoms with Gasteiger partial charge in [-0.1, -0.05) is 30.3 Å². The van der Waals surface area contributed by atoms with E-state index in [1.54, 1.807) is 0 Å². The Morgan fingerprint density at radius 1 is 1.06 bits per heavy atom. The third-order valence-electron chi connectivity index (χ3n) is 3.13. The molecule has 0 aliphatic heterocycles. The molecular weight excluding hydrogens is 196 g/mol. The summed E-state index contributed by atoms with van der Waals surface area (Å²) >= 11 is 0. The summed E-state index contributed by atoms with van der Waals surface area (Å²) in [5.41, 5.74) is 4.23. The second-order valence-corrected chi connectivity index (χ2v) is 4.11. The molecule has 0 atom stereocenters. The second-order valence-electron chi connectivity index (χ2n) is 4.11. The van der Waals surface area contributed by atoms with Crippen LogP contribution in [0, 0.1) is 0 Å². The lowest BCUT2D eigenvalue weighted by atomic mass is 10.0. The molecule has 1 aromatic carbocycles. The van der Waals surface area contributed by atoms with Crippen molar-refractivity contribution in [2.75, 3.05) is 0 Å². The Labute approximate surface area is 95.3 Å². The number of hydrogen-bond acceptors (Lipinski definition) is 1. The molecule has 2 aromatic rings. The molecule has 0 amide bonds. The summed E-state index contributed by atoms with van der Waals surface area (Å²) in [7, 11) is 0. The molecule has 2 heteroatoms. The number of nitrogens with zero attached hydrogens (tertiary/aromatic N) is 2. The Bertz CT molecular complexity index is 495. The van der Waals surface area contributed by atoms with Crippen LogP contribution in [0.4, 0.5) is 0 Å². The summed E-state index contributed by atoms with van der Waals surface area (Å²) in [6.07, 6.45) is 9.34. The minimum absolute atomic E-state index is 1.15. The van der Waals surface area contributed by atoms with E-state index in [9.17, 15) is 0 Å². The lowest BCUT2D eigenvalue weighted by molar-refractivity contribution is 0.906. The average Bonchev–Trinajstić information content (AvgIpc) is 3.01. The van der Waals surface area contributed by atoms with E-state index < -0.39 is 0 Å². The fourth-order valence-electron chi connectivity index (χ4n) is 2.38. The molecule has 0 unspecified atom stereocenters. The van der Waals surface area contributed by atoms with E-state index in [1.807, 2.05) is 18.7 Å². The Kier molecular flexibility index (Phi) is 2.33. The Balaban J connectivity index is 2.08. The highest BCUT2D eigenvalue weighted by Crippen LogP contribution is 2.36. The summed E-state index contributed by atoms with van der Waals surface area (Å²) in [5, 5.41) is 0. The fourth-order valence-corrected chi connectivity index (χ4v) is 2.38. The molecule has 1 aromatic heterocycles. The van der Waals surface area contributed by atoms with Crippen LogP contribution in [-0.2, 0) is 0 Å². The summed E-state index contributed by atoms with van der Waals surface area (Å²) in [5.74, 6) is 0. The molecule has 0 saturated heterocycles. The smallest absolute Gasteiger partial charge is 0.0989 e. The van der Waals surface area contributed by atoms with Gasteiger partial charge in [-0.2, -0.15) is 0 Å². The van der Waals surface area contributed by atoms with Gasteiger partial charge < -0.3 is 4.57 Å². The van der Waals surface area contributed by atoms with E-state index >= 15 is 0 Å². The molecule has 0 radical (unpaired) electrons. The predicted octanol–water partition coefficient (Wildman–Crippen LogP) is 3.44. The van der Waals surface area contributed by atoms with Crippen molar-refractivity contribution < 1.29 is 0 Å². The minimum atomic E-state index is 1.15. The molecule has 1 aliphatic rings. The van der Waals surface area contributed by atoms with Crippen molar-refractivity contribution in [2.24, 2.45) is 0 Å². The van der Waals surface area contributed by atoms with E-state index in [4.69, 9.17) is 0 Å². The molecule has 1 aliphatic carbocycles. The van der Waals surface area contributed by atoms with Crippen molar-refractivity contribution in [2.45, 2.75) is 19.3 Å². The van der Waals surface area contributed by atoms with Crippen LogP contribution in [0.5, 0.6) is 0 Å². The maximum absolute atomic E-state index is 4.12. The van der Waals surface area contributed by atoms with Gasteiger partial charge in [0.25, 0.3) is 0 Å². The maximum Gasteiger partial charge on any atom is 0.0989 e. The number of allylic oxidation sites excluding steroid dienone is 2. The number of hydrogen-bond donors (Lipinski definition) is 0. The molecular formula is C14H14N2. The van der Waals surface area contributed by atoms with Crippen molar-refractivity contribution in [3.8, 4) is 0 Å². The molecule has 2 nitrogen and oxygen atoms in total. The predicted molar refractivity (Wildman–Crippen MR) is 65.6 cm³/mol. The number of aromatic nitrogens is 2. The summed E-state index contributed by atoms with van der Waals surface area (Å²) in [4.78, 5) is 4.12. The Hall–Kier alpha value is -1.83. The summed E-state index contributed by atoms with van der Waals surface area (Å²) < 4.78 is 2.15. The first-order valence-corrected chi connectivity index (χ1v) is 5.71. The maximum atomic E-state index is 4.12. The van der Waals surface area contributed by atoms with Crippen molar-refractivity contribution >= 4 is 11.3 Å². The van der Waals surface area contributed by atoms with Gasteiger partial charge in [-0.05, 0) is 30.4 Å².